The number of rotatable bonds is 4. The van der Waals surface area contributed by atoms with Gasteiger partial charge in [-0.1, -0.05) is 0 Å². The molecule has 0 saturated carbocycles. The zero-order valence-electron chi connectivity index (χ0n) is 9.17. The molecular formula is C10H10F3NO3. The largest absolute Gasteiger partial charge is 0.493 e. The van der Waals surface area contributed by atoms with Crippen molar-refractivity contribution in [2.45, 2.75) is 12.8 Å². The average Bonchev–Trinajstić information content (AvgIpc) is 2.30. The van der Waals surface area contributed by atoms with Crippen LogP contribution in [-0.2, 0) is 16.0 Å². The number of nitrogens with zero attached hydrogens (tertiary/aromatic N) is 1. The van der Waals surface area contributed by atoms with Crippen molar-refractivity contribution in [1.82, 2.24) is 4.98 Å². The smallest absolute Gasteiger partial charge is 0.311 e. The summed E-state index contributed by atoms with van der Waals surface area (Å²) in [5, 5.41) is 0. The molecule has 94 valence electrons. The van der Waals surface area contributed by atoms with E-state index in [4.69, 9.17) is 0 Å². The Labute approximate surface area is 95.4 Å². The molecule has 0 saturated heterocycles. The number of methoxy groups -OCH3 is 2. The SMILES string of the molecule is COC(=O)Cc1ncc(C(F)F)c(OC)c1F. The van der Waals surface area contributed by atoms with Gasteiger partial charge >= 0.3 is 5.97 Å². The van der Waals surface area contributed by atoms with E-state index in [-0.39, 0.29) is 5.69 Å². The summed E-state index contributed by atoms with van der Waals surface area (Å²) in [7, 11) is 2.19. The number of aromatic nitrogens is 1. The van der Waals surface area contributed by atoms with Crippen LogP contribution in [0.25, 0.3) is 0 Å². The van der Waals surface area contributed by atoms with Crippen LogP contribution in [0.3, 0.4) is 0 Å². The highest BCUT2D eigenvalue weighted by Gasteiger charge is 2.22. The Hall–Kier alpha value is -1.79. The van der Waals surface area contributed by atoms with Gasteiger partial charge in [0.15, 0.2) is 11.6 Å². The van der Waals surface area contributed by atoms with E-state index in [1.54, 1.807) is 0 Å². The van der Waals surface area contributed by atoms with Gasteiger partial charge in [0.05, 0.1) is 31.9 Å². The molecule has 1 aromatic rings. The summed E-state index contributed by atoms with van der Waals surface area (Å²) < 4.78 is 47.5. The number of esters is 1. The van der Waals surface area contributed by atoms with Crippen molar-refractivity contribution in [3.8, 4) is 5.75 Å². The van der Waals surface area contributed by atoms with Crippen LogP contribution in [0.2, 0.25) is 0 Å². The van der Waals surface area contributed by atoms with E-state index in [2.05, 4.69) is 14.5 Å². The van der Waals surface area contributed by atoms with Gasteiger partial charge in [-0.25, -0.2) is 13.2 Å². The van der Waals surface area contributed by atoms with Gasteiger partial charge < -0.3 is 9.47 Å². The zero-order valence-corrected chi connectivity index (χ0v) is 9.17. The van der Waals surface area contributed by atoms with Gasteiger partial charge in [-0.3, -0.25) is 9.78 Å². The number of ether oxygens (including phenoxy) is 2. The minimum absolute atomic E-state index is 0.293. The molecule has 0 atom stereocenters. The molecule has 1 heterocycles. The van der Waals surface area contributed by atoms with Crippen LogP contribution in [0.5, 0.6) is 5.75 Å². The first kappa shape index (κ1) is 13.3. The van der Waals surface area contributed by atoms with E-state index in [0.717, 1.165) is 20.4 Å². The van der Waals surface area contributed by atoms with Crippen molar-refractivity contribution in [2.75, 3.05) is 14.2 Å². The Morgan fingerprint density at radius 3 is 2.59 bits per heavy atom. The van der Waals surface area contributed by atoms with Gasteiger partial charge in [-0.15, -0.1) is 0 Å². The van der Waals surface area contributed by atoms with Crippen molar-refractivity contribution in [1.29, 1.82) is 0 Å². The quantitative estimate of drug-likeness (QED) is 0.764. The predicted octanol–water partition coefficient (Wildman–Crippen LogP) is 1.88. The Morgan fingerprint density at radius 1 is 1.47 bits per heavy atom. The van der Waals surface area contributed by atoms with Crippen LogP contribution < -0.4 is 4.74 Å². The van der Waals surface area contributed by atoms with E-state index in [1.807, 2.05) is 0 Å². The van der Waals surface area contributed by atoms with Crippen LogP contribution in [0.4, 0.5) is 13.2 Å². The maximum atomic E-state index is 13.7. The Bertz CT molecular complexity index is 424. The lowest BCUT2D eigenvalue weighted by Crippen LogP contribution is -2.10. The Balaban J connectivity index is 3.15. The summed E-state index contributed by atoms with van der Waals surface area (Å²) in [5.41, 5.74) is -0.947. The Kier molecular flexibility index (Phi) is 4.30. The molecule has 0 bridgehead atoms. The monoisotopic (exact) mass is 249 g/mol. The molecule has 0 N–H and O–H groups in total. The molecule has 0 spiro atoms. The molecule has 0 amide bonds. The number of hydrogen-bond donors (Lipinski definition) is 0. The highest BCUT2D eigenvalue weighted by molar-refractivity contribution is 5.72. The van der Waals surface area contributed by atoms with Crippen molar-refractivity contribution in [3.05, 3.63) is 23.3 Å². The fraction of sp³-hybridized carbons (Fsp3) is 0.400. The standard InChI is InChI=1S/C10H10F3NO3/c1-16-7(15)3-6-8(11)9(17-2)5(4-14-6)10(12)13/h4,10H,3H2,1-2H3. The molecule has 7 heteroatoms. The number of alkyl halides is 2. The number of halogens is 3. The van der Waals surface area contributed by atoms with E-state index in [9.17, 15) is 18.0 Å². The fourth-order valence-corrected chi connectivity index (χ4v) is 1.22. The van der Waals surface area contributed by atoms with E-state index < -0.39 is 35.9 Å². The lowest BCUT2D eigenvalue weighted by Gasteiger charge is -2.10. The maximum absolute atomic E-state index is 13.7. The second-order valence-electron chi connectivity index (χ2n) is 3.06. The van der Waals surface area contributed by atoms with E-state index in [1.165, 1.54) is 0 Å². The molecule has 17 heavy (non-hydrogen) atoms. The summed E-state index contributed by atoms with van der Waals surface area (Å²) in [4.78, 5) is 14.4. The van der Waals surface area contributed by atoms with Crippen LogP contribution in [-0.4, -0.2) is 25.2 Å². The van der Waals surface area contributed by atoms with Crippen LogP contribution in [0, 0.1) is 5.82 Å². The fourth-order valence-electron chi connectivity index (χ4n) is 1.22. The van der Waals surface area contributed by atoms with E-state index >= 15 is 0 Å². The van der Waals surface area contributed by atoms with Crippen molar-refractivity contribution >= 4 is 5.97 Å². The highest BCUT2D eigenvalue weighted by atomic mass is 19.3. The molecule has 0 aliphatic carbocycles. The summed E-state index contributed by atoms with van der Waals surface area (Å²) >= 11 is 0. The number of carbonyl (C=O) groups excluding carboxylic acids is 1. The van der Waals surface area contributed by atoms with Crippen molar-refractivity contribution in [2.24, 2.45) is 0 Å². The van der Waals surface area contributed by atoms with Gasteiger partial charge in [0.1, 0.15) is 0 Å². The van der Waals surface area contributed by atoms with Gasteiger partial charge in [0.25, 0.3) is 6.43 Å². The minimum atomic E-state index is -2.90. The molecule has 0 radical (unpaired) electrons. The third kappa shape index (κ3) is 2.86. The number of pyridine rings is 1. The molecule has 1 aromatic heterocycles. The van der Waals surface area contributed by atoms with Crippen LogP contribution in [0.1, 0.15) is 17.7 Å². The van der Waals surface area contributed by atoms with Crippen molar-refractivity contribution < 1.29 is 27.4 Å². The van der Waals surface area contributed by atoms with Crippen LogP contribution in [0.15, 0.2) is 6.20 Å². The number of carbonyl (C=O) groups is 1. The molecule has 0 aliphatic heterocycles. The summed E-state index contributed by atoms with van der Waals surface area (Å²) in [5.74, 6) is -2.40. The molecule has 0 fully saturated rings. The first-order valence-electron chi connectivity index (χ1n) is 4.57. The molecule has 0 aliphatic rings. The second kappa shape index (κ2) is 5.51. The lowest BCUT2D eigenvalue weighted by molar-refractivity contribution is -0.139. The van der Waals surface area contributed by atoms with Crippen LogP contribution >= 0.6 is 0 Å². The average molecular weight is 249 g/mol. The van der Waals surface area contributed by atoms with Gasteiger partial charge in [-0.2, -0.15) is 0 Å². The third-order valence-electron chi connectivity index (χ3n) is 2.05. The molecular weight excluding hydrogens is 239 g/mol. The van der Waals surface area contributed by atoms with Gasteiger partial charge in [0, 0.05) is 6.20 Å². The number of hydrogen-bond acceptors (Lipinski definition) is 4. The van der Waals surface area contributed by atoms with Gasteiger partial charge in [-0.05, 0) is 0 Å². The first-order chi connectivity index (χ1) is 8.01. The van der Waals surface area contributed by atoms with E-state index in [0.29, 0.717) is 0 Å². The summed E-state index contributed by atoms with van der Waals surface area (Å²) in [6.45, 7) is 0. The molecule has 4 nitrogen and oxygen atoms in total. The zero-order chi connectivity index (χ0) is 13.0. The minimum Gasteiger partial charge on any atom is -0.493 e. The Morgan fingerprint density at radius 2 is 2.12 bits per heavy atom. The maximum Gasteiger partial charge on any atom is 0.311 e. The summed E-state index contributed by atoms with van der Waals surface area (Å²) in [6, 6.07) is 0. The summed E-state index contributed by atoms with van der Waals surface area (Å²) in [6.07, 6.45) is -2.56. The van der Waals surface area contributed by atoms with Gasteiger partial charge in [0.2, 0.25) is 0 Å². The molecule has 0 aromatic carbocycles. The molecule has 1 rings (SSSR count). The molecule has 0 unspecified atom stereocenters. The second-order valence-corrected chi connectivity index (χ2v) is 3.06. The topological polar surface area (TPSA) is 48.4 Å². The van der Waals surface area contributed by atoms with Crippen molar-refractivity contribution in [3.63, 3.8) is 0 Å². The first-order valence-corrected chi connectivity index (χ1v) is 4.57. The third-order valence-corrected chi connectivity index (χ3v) is 2.05. The predicted molar refractivity (Wildman–Crippen MR) is 51.4 cm³/mol. The highest BCUT2D eigenvalue weighted by Crippen LogP contribution is 2.31. The lowest BCUT2D eigenvalue weighted by atomic mass is 10.2. The normalized spacial score (nSPS) is 10.5.